The Morgan fingerprint density at radius 1 is 1.17 bits per heavy atom. The number of rotatable bonds is 2. The van der Waals surface area contributed by atoms with Crippen molar-refractivity contribution >= 4 is 5.91 Å². The van der Waals surface area contributed by atoms with Crippen LogP contribution < -0.4 is 5.73 Å². The zero-order valence-corrected chi connectivity index (χ0v) is 11.8. The summed E-state index contributed by atoms with van der Waals surface area (Å²) in [5, 5.41) is 0. The average Bonchev–Trinajstić information content (AvgIpc) is 2.28. The van der Waals surface area contributed by atoms with Gasteiger partial charge in [-0.3, -0.25) is 9.69 Å². The predicted octanol–water partition coefficient (Wildman–Crippen LogP) is 0.914. The molecule has 2 aliphatic rings. The third-order valence-electron chi connectivity index (χ3n) is 4.26. The second kappa shape index (κ2) is 6.02. The smallest absolute Gasteiger partial charge is 0.236 e. The van der Waals surface area contributed by atoms with Gasteiger partial charge in [0, 0.05) is 32.2 Å². The van der Waals surface area contributed by atoms with Crippen LogP contribution in [0.2, 0.25) is 0 Å². The van der Waals surface area contributed by atoms with E-state index in [1.54, 1.807) is 0 Å². The molecule has 18 heavy (non-hydrogen) atoms. The molecule has 0 aromatic heterocycles. The molecule has 0 bridgehead atoms. The van der Waals surface area contributed by atoms with Crippen molar-refractivity contribution in [3.63, 3.8) is 0 Å². The molecule has 2 fully saturated rings. The van der Waals surface area contributed by atoms with E-state index in [0.717, 1.165) is 51.4 Å². The Kier molecular flexibility index (Phi) is 4.62. The molecular weight excluding hydrogens is 226 g/mol. The van der Waals surface area contributed by atoms with Crippen molar-refractivity contribution in [2.24, 2.45) is 17.6 Å². The fourth-order valence-corrected chi connectivity index (χ4v) is 3.19. The van der Waals surface area contributed by atoms with Crippen molar-refractivity contribution in [3.05, 3.63) is 0 Å². The largest absolute Gasteiger partial charge is 0.342 e. The summed E-state index contributed by atoms with van der Waals surface area (Å²) in [6.45, 7) is 8.83. The maximum Gasteiger partial charge on any atom is 0.236 e. The summed E-state index contributed by atoms with van der Waals surface area (Å²) >= 11 is 0. The molecule has 0 saturated carbocycles. The van der Waals surface area contributed by atoms with Gasteiger partial charge >= 0.3 is 0 Å². The molecule has 2 aliphatic heterocycles. The SMILES string of the molecule is CC1CCN(C(=O)CN2CC(C)CC(N)C2)CC1. The van der Waals surface area contributed by atoms with Gasteiger partial charge in [0.05, 0.1) is 6.54 Å². The van der Waals surface area contributed by atoms with Crippen molar-refractivity contribution in [2.75, 3.05) is 32.7 Å². The van der Waals surface area contributed by atoms with E-state index in [9.17, 15) is 4.79 Å². The van der Waals surface area contributed by atoms with Crippen molar-refractivity contribution in [2.45, 2.75) is 39.2 Å². The summed E-state index contributed by atoms with van der Waals surface area (Å²) in [5.41, 5.74) is 6.02. The number of nitrogens with zero attached hydrogens (tertiary/aromatic N) is 2. The molecule has 4 heteroatoms. The van der Waals surface area contributed by atoms with Crippen molar-refractivity contribution in [1.29, 1.82) is 0 Å². The number of likely N-dealkylation sites (tertiary alicyclic amines) is 2. The van der Waals surface area contributed by atoms with Crippen LogP contribution in [0.4, 0.5) is 0 Å². The molecule has 0 aromatic carbocycles. The Balaban J connectivity index is 1.80. The lowest BCUT2D eigenvalue weighted by molar-refractivity contribution is -0.134. The fourth-order valence-electron chi connectivity index (χ4n) is 3.19. The van der Waals surface area contributed by atoms with Gasteiger partial charge in [0.1, 0.15) is 0 Å². The first-order valence-corrected chi connectivity index (χ1v) is 7.30. The molecule has 104 valence electrons. The van der Waals surface area contributed by atoms with Crippen LogP contribution in [0.1, 0.15) is 33.1 Å². The van der Waals surface area contributed by atoms with Gasteiger partial charge in [0.2, 0.25) is 5.91 Å². The van der Waals surface area contributed by atoms with E-state index in [-0.39, 0.29) is 6.04 Å². The van der Waals surface area contributed by atoms with Crippen LogP contribution in [0.25, 0.3) is 0 Å². The molecule has 0 radical (unpaired) electrons. The zero-order chi connectivity index (χ0) is 13.1. The average molecular weight is 253 g/mol. The van der Waals surface area contributed by atoms with E-state index < -0.39 is 0 Å². The molecule has 0 aromatic rings. The molecule has 2 rings (SSSR count). The Hall–Kier alpha value is -0.610. The lowest BCUT2D eigenvalue weighted by atomic mass is 9.96. The zero-order valence-electron chi connectivity index (χ0n) is 11.8. The first-order valence-electron chi connectivity index (χ1n) is 7.30. The van der Waals surface area contributed by atoms with Gasteiger partial charge in [-0.05, 0) is 31.1 Å². The van der Waals surface area contributed by atoms with Crippen LogP contribution in [0.5, 0.6) is 0 Å². The summed E-state index contributed by atoms with van der Waals surface area (Å²) in [6.07, 6.45) is 3.40. The molecule has 2 unspecified atom stereocenters. The third kappa shape index (κ3) is 3.69. The maximum atomic E-state index is 12.2. The quantitative estimate of drug-likeness (QED) is 0.796. The van der Waals surface area contributed by atoms with Crippen molar-refractivity contribution in [3.8, 4) is 0 Å². The molecule has 2 saturated heterocycles. The second-order valence-corrected chi connectivity index (χ2v) is 6.36. The molecule has 0 spiro atoms. The highest BCUT2D eigenvalue weighted by Crippen LogP contribution is 2.18. The van der Waals surface area contributed by atoms with Gasteiger partial charge in [-0.2, -0.15) is 0 Å². The summed E-state index contributed by atoms with van der Waals surface area (Å²) in [5.74, 6) is 1.68. The highest BCUT2D eigenvalue weighted by atomic mass is 16.2. The highest BCUT2D eigenvalue weighted by Gasteiger charge is 2.26. The lowest BCUT2D eigenvalue weighted by Crippen LogP contribution is -2.51. The Morgan fingerprint density at radius 3 is 2.44 bits per heavy atom. The van der Waals surface area contributed by atoms with Gasteiger partial charge in [-0.25, -0.2) is 0 Å². The third-order valence-corrected chi connectivity index (χ3v) is 4.26. The topological polar surface area (TPSA) is 49.6 Å². The number of hydrogen-bond acceptors (Lipinski definition) is 3. The van der Waals surface area contributed by atoms with Crippen LogP contribution in [-0.4, -0.2) is 54.5 Å². The Bertz CT molecular complexity index is 277. The van der Waals surface area contributed by atoms with E-state index in [4.69, 9.17) is 5.73 Å². The molecule has 1 amide bonds. The summed E-state index contributed by atoms with van der Waals surface area (Å²) in [4.78, 5) is 16.5. The lowest BCUT2D eigenvalue weighted by Gasteiger charge is -2.37. The molecule has 0 aliphatic carbocycles. The molecule has 2 atom stereocenters. The fraction of sp³-hybridized carbons (Fsp3) is 0.929. The number of carbonyl (C=O) groups excluding carboxylic acids is 1. The number of piperidine rings is 2. The van der Waals surface area contributed by atoms with Crippen molar-refractivity contribution in [1.82, 2.24) is 9.80 Å². The minimum atomic E-state index is 0.239. The summed E-state index contributed by atoms with van der Waals surface area (Å²) in [7, 11) is 0. The van der Waals surface area contributed by atoms with Crippen LogP contribution in [-0.2, 0) is 4.79 Å². The summed E-state index contributed by atoms with van der Waals surface area (Å²) in [6, 6.07) is 0.239. The van der Waals surface area contributed by atoms with Crippen LogP contribution in [0, 0.1) is 11.8 Å². The number of carbonyl (C=O) groups is 1. The van der Waals surface area contributed by atoms with E-state index in [1.807, 2.05) is 4.90 Å². The first-order chi connectivity index (χ1) is 8.54. The van der Waals surface area contributed by atoms with E-state index in [0.29, 0.717) is 18.4 Å². The Morgan fingerprint density at radius 2 is 1.83 bits per heavy atom. The van der Waals surface area contributed by atoms with Gasteiger partial charge < -0.3 is 10.6 Å². The van der Waals surface area contributed by atoms with Crippen LogP contribution in [0.3, 0.4) is 0 Å². The van der Waals surface area contributed by atoms with Gasteiger partial charge in [0.25, 0.3) is 0 Å². The molecule has 4 nitrogen and oxygen atoms in total. The summed E-state index contributed by atoms with van der Waals surface area (Å²) < 4.78 is 0. The molecular formula is C14H27N3O. The molecule has 2 heterocycles. The highest BCUT2D eigenvalue weighted by molar-refractivity contribution is 5.78. The predicted molar refractivity (Wildman–Crippen MR) is 73.2 cm³/mol. The van der Waals surface area contributed by atoms with Gasteiger partial charge in [-0.15, -0.1) is 0 Å². The maximum absolute atomic E-state index is 12.2. The Labute approximate surface area is 110 Å². The molecule has 2 N–H and O–H groups in total. The minimum absolute atomic E-state index is 0.239. The van der Waals surface area contributed by atoms with Crippen LogP contribution in [0.15, 0.2) is 0 Å². The monoisotopic (exact) mass is 253 g/mol. The standard InChI is InChI=1S/C14H27N3O/c1-11-3-5-17(6-4-11)14(18)10-16-8-12(2)7-13(15)9-16/h11-13H,3-10,15H2,1-2H3. The van der Waals surface area contributed by atoms with E-state index >= 15 is 0 Å². The first kappa shape index (κ1) is 13.8. The van der Waals surface area contributed by atoms with Gasteiger partial charge in [-0.1, -0.05) is 13.8 Å². The van der Waals surface area contributed by atoms with E-state index in [1.165, 1.54) is 0 Å². The number of nitrogens with two attached hydrogens (primary N) is 1. The number of hydrogen-bond donors (Lipinski definition) is 1. The normalized spacial score (nSPS) is 31.6. The van der Waals surface area contributed by atoms with Crippen molar-refractivity contribution < 1.29 is 4.79 Å². The second-order valence-electron chi connectivity index (χ2n) is 6.36. The number of amides is 1. The minimum Gasteiger partial charge on any atom is -0.342 e. The van der Waals surface area contributed by atoms with E-state index in [2.05, 4.69) is 18.7 Å². The van der Waals surface area contributed by atoms with Crippen LogP contribution >= 0.6 is 0 Å². The van der Waals surface area contributed by atoms with Gasteiger partial charge in [0.15, 0.2) is 0 Å².